The van der Waals surface area contributed by atoms with Crippen molar-refractivity contribution in [1.29, 1.82) is 0 Å². The first kappa shape index (κ1) is 25.3. The Bertz CT molecular complexity index is 840. The highest BCUT2D eigenvalue weighted by Crippen LogP contribution is 2.49. The van der Waals surface area contributed by atoms with Crippen molar-refractivity contribution in [3.63, 3.8) is 0 Å². The SMILES string of the molecule is CC(=O)N(C(=O)CN=[N+]=[N-])[C@@]1(C(C)=O)C(O)(C(C)=O)O[C@H](CO)[C@@H](O)[C@@]1(O)C(C)=O. The molecular weight excluding hydrogens is 408 g/mol. The predicted octanol–water partition coefficient (Wildman–Crippen LogP) is -2.65. The summed E-state index contributed by atoms with van der Waals surface area (Å²) in [6, 6.07) is 0. The molecule has 30 heavy (non-hydrogen) atoms. The fraction of sp³-hybridized carbons (Fsp3) is 0.688. The van der Waals surface area contributed by atoms with E-state index in [1.165, 1.54) is 0 Å². The molecule has 0 bridgehead atoms. The minimum Gasteiger partial charge on any atom is -0.394 e. The Kier molecular flexibility index (Phi) is 7.21. The Morgan fingerprint density at radius 2 is 1.60 bits per heavy atom. The quantitative estimate of drug-likeness (QED) is 0.186. The normalized spacial score (nSPS) is 33.2. The third-order valence-electron chi connectivity index (χ3n) is 5.02. The van der Waals surface area contributed by atoms with Crippen LogP contribution in [0, 0.1) is 0 Å². The molecule has 1 heterocycles. The van der Waals surface area contributed by atoms with Crippen LogP contribution < -0.4 is 0 Å². The molecule has 1 aliphatic heterocycles. The van der Waals surface area contributed by atoms with Crippen LogP contribution in [-0.2, 0) is 28.7 Å². The van der Waals surface area contributed by atoms with Crippen LogP contribution >= 0.6 is 0 Å². The summed E-state index contributed by atoms with van der Waals surface area (Å²) in [6.07, 6.45) is -4.45. The highest BCUT2D eigenvalue weighted by molar-refractivity contribution is 6.11. The van der Waals surface area contributed by atoms with Gasteiger partial charge in [-0.3, -0.25) is 28.9 Å². The van der Waals surface area contributed by atoms with E-state index in [0.29, 0.717) is 27.7 Å². The lowest BCUT2D eigenvalue weighted by molar-refractivity contribution is -0.352. The zero-order valence-electron chi connectivity index (χ0n) is 16.6. The number of azide groups is 1. The topological polar surface area (TPSA) is 227 Å². The van der Waals surface area contributed by atoms with E-state index in [9.17, 15) is 44.4 Å². The van der Waals surface area contributed by atoms with Gasteiger partial charge in [-0.1, -0.05) is 5.11 Å². The van der Waals surface area contributed by atoms with Crippen LogP contribution in [0.1, 0.15) is 27.7 Å². The van der Waals surface area contributed by atoms with Crippen LogP contribution in [0.3, 0.4) is 0 Å². The third-order valence-corrected chi connectivity index (χ3v) is 5.02. The molecule has 1 fully saturated rings. The van der Waals surface area contributed by atoms with Crippen molar-refractivity contribution in [2.24, 2.45) is 5.11 Å². The maximum absolute atomic E-state index is 12.9. The first-order chi connectivity index (χ1) is 13.7. The van der Waals surface area contributed by atoms with E-state index in [-0.39, 0.29) is 4.90 Å². The number of aliphatic hydroxyl groups is 4. The molecule has 5 atom stereocenters. The number of hydrogen-bond acceptors (Lipinski definition) is 11. The standard InChI is InChI=1S/C16H22N4O10/c1-7(22)14(28)13(27)11(6-21)30-16(29,9(3)24)15(14,8(2)23)20(10(4)25)12(26)5-18-19-17/h11,13,21,27-29H,5-6H2,1-4H3/t11-,13-,14+,15-,16?/m1/s1. The summed E-state index contributed by atoms with van der Waals surface area (Å²) in [6.45, 7) is 0.413. The fourth-order valence-corrected chi connectivity index (χ4v) is 3.80. The molecule has 1 saturated heterocycles. The van der Waals surface area contributed by atoms with Crippen LogP contribution in [0.4, 0.5) is 0 Å². The largest absolute Gasteiger partial charge is 0.394 e. The minimum absolute atomic E-state index is 0.135. The van der Waals surface area contributed by atoms with E-state index >= 15 is 0 Å². The molecule has 14 heteroatoms. The van der Waals surface area contributed by atoms with Gasteiger partial charge in [-0.25, -0.2) is 0 Å². The van der Waals surface area contributed by atoms with Gasteiger partial charge in [0.05, 0.1) is 6.61 Å². The highest BCUT2D eigenvalue weighted by atomic mass is 16.7. The predicted molar refractivity (Wildman–Crippen MR) is 94.2 cm³/mol. The molecule has 0 radical (unpaired) electrons. The Hall–Kier alpha value is -2.74. The van der Waals surface area contributed by atoms with E-state index in [1.807, 2.05) is 0 Å². The van der Waals surface area contributed by atoms with Gasteiger partial charge in [0.2, 0.25) is 17.4 Å². The first-order valence-electron chi connectivity index (χ1n) is 8.50. The monoisotopic (exact) mass is 430 g/mol. The average Bonchev–Trinajstić information content (AvgIpc) is 2.64. The van der Waals surface area contributed by atoms with Crippen molar-refractivity contribution in [3.8, 4) is 0 Å². The summed E-state index contributed by atoms with van der Waals surface area (Å²) in [5.41, 5.74) is 1.43. The summed E-state index contributed by atoms with van der Waals surface area (Å²) in [4.78, 5) is 65.2. The first-order valence-corrected chi connectivity index (χ1v) is 8.50. The molecule has 2 amide bonds. The van der Waals surface area contributed by atoms with Gasteiger partial charge in [0.25, 0.3) is 5.79 Å². The van der Waals surface area contributed by atoms with E-state index in [4.69, 9.17) is 10.3 Å². The number of imide groups is 1. The van der Waals surface area contributed by atoms with Crippen molar-refractivity contribution < 1.29 is 49.1 Å². The molecule has 4 N–H and O–H groups in total. The number of hydrogen-bond donors (Lipinski definition) is 4. The number of rotatable bonds is 7. The van der Waals surface area contributed by atoms with Crippen LogP contribution in [0.5, 0.6) is 0 Å². The van der Waals surface area contributed by atoms with Gasteiger partial charge in [0.1, 0.15) is 18.8 Å². The zero-order chi connectivity index (χ0) is 23.7. The summed E-state index contributed by atoms with van der Waals surface area (Å²) < 4.78 is 5.03. The molecule has 0 spiro atoms. The summed E-state index contributed by atoms with van der Waals surface area (Å²) >= 11 is 0. The summed E-state index contributed by atoms with van der Waals surface area (Å²) in [5.74, 6) is -10.8. The van der Waals surface area contributed by atoms with Crippen LogP contribution in [0.15, 0.2) is 5.11 Å². The Morgan fingerprint density at radius 1 is 1.07 bits per heavy atom. The van der Waals surface area contributed by atoms with Crippen LogP contribution in [0.2, 0.25) is 0 Å². The molecule has 0 aromatic heterocycles. The van der Waals surface area contributed by atoms with E-state index in [1.54, 1.807) is 0 Å². The van der Waals surface area contributed by atoms with Gasteiger partial charge in [-0.15, -0.1) is 0 Å². The Balaban J connectivity index is 4.23. The molecule has 0 aromatic carbocycles. The molecular formula is C16H22N4O10. The van der Waals surface area contributed by atoms with Crippen molar-refractivity contribution in [2.75, 3.05) is 13.2 Å². The van der Waals surface area contributed by atoms with Crippen molar-refractivity contribution in [2.45, 2.75) is 56.8 Å². The number of Topliss-reactive ketones (excluding diaryl/α,β-unsaturated/α-hetero) is 3. The van der Waals surface area contributed by atoms with Gasteiger partial charge < -0.3 is 25.2 Å². The fourth-order valence-electron chi connectivity index (χ4n) is 3.80. The van der Waals surface area contributed by atoms with E-state index in [0.717, 1.165) is 0 Å². The lowest BCUT2D eigenvalue weighted by Gasteiger charge is -2.60. The van der Waals surface area contributed by atoms with E-state index in [2.05, 4.69) is 10.0 Å². The molecule has 166 valence electrons. The second-order valence-corrected chi connectivity index (χ2v) is 6.71. The minimum atomic E-state index is -3.57. The van der Waals surface area contributed by atoms with Gasteiger partial charge >= 0.3 is 0 Å². The average molecular weight is 430 g/mol. The maximum Gasteiger partial charge on any atom is 0.262 e. The number of carbonyl (C=O) groups excluding carboxylic acids is 5. The highest BCUT2D eigenvalue weighted by Gasteiger charge is 2.81. The van der Waals surface area contributed by atoms with Crippen molar-refractivity contribution in [1.82, 2.24) is 4.90 Å². The van der Waals surface area contributed by atoms with Crippen molar-refractivity contribution in [3.05, 3.63) is 10.4 Å². The molecule has 1 aliphatic rings. The smallest absolute Gasteiger partial charge is 0.262 e. The Morgan fingerprint density at radius 3 is 1.93 bits per heavy atom. The molecule has 0 aromatic rings. The lowest BCUT2D eigenvalue weighted by Crippen LogP contribution is -2.90. The molecule has 1 unspecified atom stereocenters. The number of nitrogens with zero attached hydrogens (tertiary/aromatic N) is 4. The number of aliphatic hydroxyl groups excluding tert-OH is 2. The third kappa shape index (κ3) is 3.19. The number of ketones is 3. The zero-order valence-corrected chi connectivity index (χ0v) is 16.6. The summed E-state index contributed by atoms with van der Waals surface area (Å²) in [5, 5.41) is 45.4. The van der Waals surface area contributed by atoms with Gasteiger partial charge in [-0.05, 0) is 19.4 Å². The summed E-state index contributed by atoms with van der Waals surface area (Å²) in [7, 11) is 0. The van der Waals surface area contributed by atoms with Gasteiger partial charge in [0.15, 0.2) is 23.0 Å². The van der Waals surface area contributed by atoms with Crippen LogP contribution in [-0.4, -0.2) is 96.8 Å². The molecule has 0 aliphatic carbocycles. The van der Waals surface area contributed by atoms with E-state index < -0.39 is 71.5 Å². The Labute approximate surface area is 169 Å². The second kappa shape index (κ2) is 8.55. The number of amides is 2. The molecule has 0 saturated carbocycles. The maximum atomic E-state index is 12.9. The lowest BCUT2D eigenvalue weighted by atomic mass is 9.61. The van der Waals surface area contributed by atoms with Crippen molar-refractivity contribution >= 4 is 29.2 Å². The number of ether oxygens (including phenoxy) is 1. The molecule has 1 rings (SSSR count). The molecule has 14 nitrogen and oxygen atoms in total. The van der Waals surface area contributed by atoms with Gasteiger partial charge in [-0.2, -0.15) is 0 Å². The van der Waals surface area contributed by atoms with Gasteiger partial charge in [0, 0.05) is 18.8 Å². The second-order valence-electron chi connectivity index (χ2n) is 6.71. The number of carbonyl (C=O) groups is 5. The van der Waals surface area contributed by atoms with Crippen LogP contribution in [0.25, 0.3) is 10.4 Å².